The van der Waals surface area contributed by atoms with Crippen molar-refractivity contribution in [3.8, 4) is 5.75 Å². The number of amides is 2. The number of aromatic nitrogens is 2. The fourth-order valence-electron chi connectivity index (χ4n) is 3.13. The largest absolute Gasteiger partial charge is 0.492 e. The van der Waals surface area contributed by atoms with Crippen LogP contribution < -0.4 is 15.0 Å². The van der Waals surface area contributed by atoms with E-state index in [9.17, 15) is 9.59 Å². The lowest BCUT2D eigenvalue weighted by molar-refractivity contribution is -0.122. The molecule has 1 unspecified atom stereocenters. The number of nitrogens with zero attached hydrogens (tertiary/aromatic N) is 3. The van der Waals surface area contributed by atoms with Gasteiger partial charge in [-0.05, 0) is 30.5 Å². The Bertz CT molecular complexity index is 1020. The van der Waals surface area contributed by atoms with E-state index in [1.807, 2.05) is 42.6 Å². The van der Waals surface area contributed by atoms with E-state index in [1.165, 1.54) is 16.2 Å². The molecule has 0 aliphatic carbocycles. The Kier molecular flexibility index (Phi) is 6.66. The minimum Gasteiger partial charge on any atom is -0.492 e. The summed E-state index contributed by atoms with van der Waals surface area (Å²) in [6.07, 6.45) is 0.158. The Balaban J connectivity index is 1.36. The van der Waals surface area contributed by atoms with Gasteiger partial charge in [0.2, 0.25) is 16.9 Å². The average Bonchev–Trinajstić information content (AvgIpc) is 3.48. The highest BCUT2D eigenvalue weighted by atomic mass is 32.2. The molecule has 1 saturated heterocycles. The Hall–Kier alpha value is -2.43. The lowest BCUT2D eigenvalue weighted by Gasteiger charge is -2.20. The number of ether oxygens (including phenoxy) is 1. The molecule has 1 atom stereocenters. The number of thiophene rings is 1. The first-order valence-electron chi connectivity index (χ1n) is 9.45. The predicted molar refractivity (Wildman–Crippen MR) is 120 cm³/mol. The summed E-state index contributed by atoms with van der Waals surface area (Å²) < 4.78 is 6.43. The summed E-state index contributed by atoms with van der Waals surface area (Å²) in [7, 11) is 0. The first-order valence-corrected chi connectivity index (χ1v) is 12.1. The van der Waals surface area contributed by atoms with Crippen LogP contribution in [0.15, 0.2) is 46.1 Å². The molecule has 1 aliphatic rings. The Morgan fingerprint density at radius 2 is 2.17 bits per heavy atom. The molecular formula is C20H20N4O3S3. The summed E-state index contributed by atoms with van der Waals surface area (Å²) in [4.78, 5) is 28.2. The molecule has 1 aliphatic heterocycles. The second-order valence-electron chi connectivity index (χ2n) is 6.54. The van der Waals surface area contributed by atoms with Crippen molar-refractivity contribution in [2.45, 2.75) is 23.4 Å². The Morgan fingerprint density at radius 1 is 1.30 bits per heavy atom. The molecule has 0 bridgehead atoms. The summed E-state index contributed by atoms with van der Waals surface area (Å²) >= 11 is 4.63. The number of nitrogens with one attached hydrogen (secondary N) is 1. The molecule has 0 spiro atoms. The van der Waals surface area contributed by atoms with E-state index in [-0.39, 0.29) is 18.2 Å². The lowest BCUT2D eigenvalue weighted by atomic mass is 10.1. The molecular weight excluding hydrogens is 440 g/mol. The van der Waals surface area contributed by atoms with Crippen LogP contribution in [0.4, 0.5) is 10.8 Å². The summed E-state index contributed by atoms with van der Waals surface area (Å²) in [5.41, 5.74) is 0.697. The number of hydrogen-bond donors (Lipinski definition) is 1. The van der Waals surface area contributed by atoms with Crippen LogP contribution in [0.5, 0.6) is 5.75 Å². The van der Waals surface area contributed by atoms with Gasteiger partial charge in [-0.25, -0.2) is 0 Å². The van der Waals surface area contributed by atoms with Crippen molar-refractivity contribution in [3.05, 3.63) is 46.7 Å². The summed E-state index contributed by atoms with van der Waals surface area (Å²) in [6.45, 7) is 2.72. The highest BCUT2D eigenvalue weighted by Crippen LogP contribution is 2.34. The fourth-order valence-corrected chi connectivity index (χ4v) is 5.66. The van der Waals surface area contributed by atoms with Crippen LogP contribution in [0.1, 0.15) is 18.2 Å². The number of thioether (sulfide) groups is 1. The quantitative estimate of drug-likeness (QED) is 0.399. The smallest absolute Gasteiger partial charge is 0.231 e. The molecule has 2 aromatic heterocycles. The van der Waals surface area contributed by atoms with Crippen molar-refractivity contribution < 1.29 is 14.3 Å². The van der Waals surface area contributed by atoms with Gasteiger partial charge in [0.25, 0.3) is 0 Å². The number of para-hydroxylation sites is 2. The van der Waals surface area contributed by atoms with Crippen LogP contribution in [0.2, 0.25) is 0 Å². The maximum absolute atomic E-state index is 12.7. The number of rotatable bonds is 8. The van der Waals surface area contributed by atoms with E-state index >= 15 is 0 Å². The first kappa shape index (κ1) is 20.8. The third-order valence-corrected chi connectivity index (χ3v) is 7.59. The van der Waals surface area contributed by atoms with Crippen LogP contribution in [0, 0.1) is 5.92 Å². The minimum absolute atomic E-state index is 0.0910. The molecule has 0 radical (unpaired) electrons. The van der Waals surface area contributed by atoms with Gasteiger partial charge in [0.15, 0.2) is 4.34 Å². The molecule has 7 nitrogen and oxygen atoms in total. The predicted octanol–water partition coefficient (Wildman–Crippen LogP) is 4.28. The second-order valence-corrected chi connectivity index (χ2v) is 9.77. The number of carbonyl (C=O) groups is 2. The summed E-state index contributed by atoms with van der Waals surface area (Å²) in [6, 6.07) is 11.5. The van der Waals surface area contributed by atoms with Crippen molar-refractivity contribution in [1.82, 2.24) is 10.2 Å². The Labute approximate surface area is 186 Å². The summed E-state index contributed by atoms with van der Waals surface area (Å²) in [5, 5.41) is 13.5. The molecule has 1 aromatic carbocycles. The fraction of sp³-hybridized carbons (Fsp3) is 0.300. The average molecular weight is 461 g/mol. The molecule has 30 heavy (non-hydrogen) atoms. The van der Waals surface area contributed by atoms with Gasteiger partial charge in [0.05, 0.1) is 18.2 Å². The third-order valence-electron chi connectivity index (χ3n) is 4.51. The first-order chi connectivity index (χ1) is 14.6. The van der Waals surface area contributed by atoms with E-state index in [2.05, 4.69) is 21.6 Å². The minimum atomic E-state index is -0.446. The van der Waals surface area contributed by atoms with Gasteiger partial charge in [-0.2, -0.15) is 0 Å². The molecule has 10 heteroatoms. The molecule has 3 aromatic rings. The van der Waals surface area contributed by atoms with E-state index in [1.54, 1.807) is 28.0 Å². The topological polar surface area (TPSA) is 84.4 Å². The number of anilines is 2. The van der Waals surface area contributed by atoms with E-state index < -0.39 is 5.92 Å². The van der Waals surface area contributed by atoms with Gasteiger partial charge in [-0.3, -0.25) is 9.59 Å². The highest BCUT2D eigenvalue weighted by Gasteiger charge is 2.36. The van der Waals surface area contributed by atoms with E-state index in [0.717, 1.165) is 10.1 Å². The third kappa shape index (κ3) is 4.82. The number of carbonyl (C=O) groups excluding carboxylic acids is 2. The maximum atomic E-state index is 12.7. The van der Waals surface area contributed by atoms with Gasteiger partial charge in [0, 0.05) is 23.6 Å². The van der Waals surface area contributed by atoms with Crippen LogP contribution in [0.3, 0.4) is 0 Å². The van der Waals surface area contributed by atoms with Gasteiger partial charge >= 0.3 is 0 Å². The zero-order valence-electron chi connectivity index (χ0n) is 16.2. The van der Waals surface area contributed by atoms with Gasteiger partial charge in [-0.15, -0.1) is 21.5 Å². The van der Waals surface area contributed by atoms with Gasteiger partial charge < -0.3 is 15.0 Å². The van der Waals surface area contributed by atoms with E-state index in [0.29, 0.717) is 29.7 Å². The van der Waals surface area contributed by atoms with Crippen molar-refractivity contribution >= 4 is 57.1 Å². The number of benzene rings is 1. The number of hydrogen-bond acceptors (Lipinski definition) is 8. The Morgan fingerprint density at radius 3 is 2.97 bits per heavy atom. The van der Waals surface area contributed by atoms with Crippen molar-refractivity contribution in [1.29, 1.82) is 0 Å². The molecule has 2 amide bonds. The van der Waals surface area contributed by atoms with Crippen molar-refractivity contribution in [3.63, 3.8) is 0 Å². The van der Waals surface area contributed by atoms with Crippen LogP contribution in [-0.4, -0.2) is 35.2 Å². The zero-order chi connectivity index (χ0) is 20.9. The monoisotopic (exact) mass is 460 g/mol. The zero-order valence-corrected chi connectivity index (χ0v) is 18.7. The van der Waals surface area contributed by atoms with Crippen molar-refractivity contribution in [2.24, 2.45) is 5.92 Å². The normalized spacial score (nSPS) is 16.1. The molecule has 0 saturated carbocycles. The van der Waals surface area contributed by atoms with Crippen LogP contribution in [0.25, 0.3) is 0 Å². The molecule has 4 rings (SSSR count). The molecule has 3 heterocycles. The second kappa shape index (κ2) is 9.59. The maximum Gasteiger partial charge on any atom is 0.231 e. The molecule has 1 N–H and O–H groups in total. The molecule has 1 fully saturated rings. The lowest BCUT2D eigenvalue weighted by Crippen LogP contribution is -2.28. The highest BCUT2D eigenvalue weighted by molar-refractivity contribution is 8.00. The van der Waals surface area contributed by atoms with E-state index in [4.69, 9.17) is 4.74 Å². The van der Waals surface area contributed by atoms with Crippen LogP contribution >= 0.6 is 34.4 Å². The molecule has 156 valence electrons. The van der Waals surface area contributed by atoms with Gasteiger partial charge in [-0.1, -0.05) is 41.3 Å². The van der Waals surface area contributed by atoms with Gasteiger partial charge in [0.1, 0.15) is 5.75 Å². The van der Waals surface area contributed by atoms with Crippen LogP contribution in [-0.2, 0) is 15.3 Å². The van der Waals surface area contributed by atoms with Crippen molar-refractivity contribution in [2.75, 3.05) is 23.4 Å². The standard InChI is InChI=1S/C20H20N4O3S3/c1-2-27-16-8-4-3-7-15(16)24-11-13(10-17(24)25)18(26)21-19-22-23-20(30-19)29-12-14-6-5-9-28-14/h3-9,13H,2,10-12H2,1H3,(H,21,22,26). The SMILES string of the molecule is CCOc1ccccc1N1CC(C(=O)Nc2nnc(SCc3cccs3)s2)CC1=O. The summed E-state index contributed by atoms with van der Waals surface area (Å²) in [5.74, 6) is 0.715.